The number of fused-ring (bicyclic) bond motifs is 1. The van der Waals surface area contributed by atoms with E-state index < -0.39 is 12.1 Å². The van der Waals surface area contributed by atoms with E-state index in [1.54, 1.807) is 14.2 Å². The average Bonchev–Trinajstić information content (AvgIpc) is 3.24. The van der Waals surface area contributed by atoms with Crippen molar-refractivity contribution in [3.8, 4) is 11.5 Å². The standard InChI is InChI=1S/C25H32BrN3O3.C2HF3O2/c1-28-13-12-25(17-8-9-21(31-3)22(14-17)32-4)11-10-20(16-23(25)28)29(2)24(30)27-19-7-5-6-18(26)15-19;3-2(4,5)1(6)7/h5-9,14-15,20,23H,10-13,16H2,1-4H3,(H,27,30);(H,6,7)/t20-,23+,25+;/m1./s1. The van der Waals surface area contributed by atoms with E-state index in [0.29, 0.717) is 6.04 Å². The van der Waals surface area contributed by atoms with Gasteiger partial charge in [-0.25, -0.2) is 9.59 Å². The second kappa shape index (κ2) is 12.5. The zero-order chi connectivity index (χ0) is 29.0. The van der Waals surface area contributed by atoms with Crippen LogP contribution in [-0.4, -0.2) is 80.0 Å². The lowest BCUT2D eigenvalue weighted by molar-refractivity contribution is -0.192. The molecule has 1 heterocycles. The van der Waals surface area contributed by atoms with Gasteiger partial charge in [-0.1, -0.05) is 28.1 Å². The molecule has 2 aromatic rings. The molecule has 3 atom stereocenters. The molecule has 0 unspecified atom stereocenters. The van der Waals surface area contributed by atoms with Gasteiger partial charge in [0.15, 0.2) is 11.5 Å². The highest BCUT2D eigenvalue weighted by atomic mass is 79.9. The van der Waals surface area contributed by atoms with Gasteiger partial charge in [0, 0.05) is 34.7 Å². The van der Waals surface area contributed by atoms with Crippen LogP contribution in [0.4, 0.5) is 23.7 Å². The molecular weight excluding hydrogens is 583 g/mol. The molecule has 2 fully saturated rings. The van der Waals surface area contributed by atoms with Crippen LogP contribution < -0.4 is 14.8 Å². The summed E-state index contributed by atoms with van der Waals surface area (Å²) in [4.78, 5) is 26.2. The van der Waals surface area contributed by atoms with Gasteiger partial charge in [0.05, 0.1) is 14.2 Å². The van der Waals surface area contributed by atoms with Crippen LogP contribution in [0.15, 0.2) is 46.9 Å². The van der Waals surface area contributed by atoms with E-state index >= 15 is 0 Å². The van der Waals surface area contributed by atoms with Crippen LogP contribution in [0.25, 0.3) is 0 Å². The number of methoxy groups -OCH3 is 2. The van der Waals surface area contributed by atoms with Crippen LogP contribution in [0.1, 0.15) is 31.2 Å². The number of anilines is 1. The first kappa shape index (κ1) is 30.6. The number of aliphatic carboxylic acids is 1. The van der Waals surface area contributed by atoms with Crippen molar-refractivity contribution in [2.24, 2.45) is 0 Å². The van der Waals surface area contributed by atoms with Crippen LogP contribution in [-0.2, 0) is 10.2 Å². The van der Waals surface area contributed by atoms with Gasteiger partial charge in [-0.05, 0) is 75.2 Å². The van der Waals surface area contributed by atoms with E-state index in [2.05, 4.69) is 45.3 Å². The van der Waals surface area contributed by atoms with Crippen LogP contribution in [0, 0.1) is 0 Å². The number of ether oxygens (including phenoxy) is 2. The molecular formula is C27H33BrF3N3O5. The summed E-state index contributed by atoms with van der Waals surface area (Å²) in [5.41, 5.74) is 2.18. The Hall–Kier alpha value is -2.99. The first-order chi connectivity index (χ1) is 18.3. The predicted molar refractivity (Wildman–Crippen MR) is 145 cm³/mol. The van der Waals surface area contributed by atoms with Crippen molar-refractivity contribution in [1.29, 1.82) is 0 Å². The number of urea groups is 1. The Kier molecular flexibility index (Phi) is 9.76. The first-order valence-corrected chi connectivity index (χ1v) is 13.1. The number of rotatable bonds is 5. The minimum Gasteiger partial charge on any atom is -0.493 e. The highest BCUT2D eigenvalue weighted by Crippen LogP contribution is 2.50. The monoisotopic (exact) mass is 615 g/mol. The molecule has 1 aliphatic heterocycles. The van der Waals surface area contributed by atoms with Gasteiger partial charge in [-0.15, -0.1) is 0 Å². The molecule has 2 amide bonds. The Morgan fingerprint density at radius 3 is 2.38 bits per heavy atom. The van der Waals surface area contributed by atoms with Gasteiger partial charge in [-0.3, -0.25) is 0 Å². The lowest BCUT2D eigenvalue weighted by Gasteiger charge is -2.46. The Morgan fingerprint density at radius 2 is 1.79 bits per heavy atom. The number of likely N-dealkylation sites (tertiary alicyclic amines) is 1. The average molecular weight is 616 g/mol. The molecule has 0 radical (unpaired) electrons. The highest BCUT2D eigenvalue weighted by molar-refractivity contribution is 9.10. The molecule has 12 heteroatoms. The fraction of sp³-hybridized carbons (Fsp3) is 0.481. The molecule has 0 bridgehead atoms. The predicted octanol–water partition coefficient (Wildman–Crippen LogP) is 5.76. The number of alkyl halides is 3. The van der Waals surface area contributed by atoms with Gasteiger partial charge < -0.3 is 29.7 Å². The Morgan fingerprint density at radius 1 is 1.13 bits per heavy atom. The lowest BCUT2D eigenvalue weighted by atomic mass is 9.65. The largest absolute Gasteiger partial charge is 0.493 e. The molecule has 0 spiro atoms. The van der Waals surface area contributed by atoms with E-state index in [4.69, 9.17) is 19.4 Å². The second-order valence-corrected chi connectivity index (χ2v) is 10.7. The van der Waals surface area contributed by atoms with E-state index in [0.717, 1.165) is 53.9 Å². The summed E-state index contributed by atoms with van der Waals surface area (Å²) in [6.07, 6.45) is -1.00. The number of carbonyl (C=O) groups excluding carboxylic acids is 1. The number of hydrogen-bond acceptors (Lipinski definition) is 5. The number of benzene rings is 2. The molecule has 4 rings (SSSR count). The zero-order valence-corrected chi connectivity index (χ0v) is 23.8. The van der Waals surface area contributed by atoms with Crippen molar-refractivity contribution < 1.29 is 37.3 Å². The minimum atomic E-state index is -5.08. The van der Waals surface area contributed by atoms with Crippen LogP contribution in [0.2, 0.25) is 0 Å². The maximum atomic E-state index is 13.0. The number of amides is 2. The number of carboxylic acid groups (broad SMARTS) is 1. The smallest absolute Gasteiger partial charge is 0.490 e. The lowest BCUT2D eigenvalue weighted by Crippen LogP contribution is -2.52. The van der Waals surface area contributed by atoms with Crippen molar-refractivity contribution in [2.45, 2.75) is 49.4 Å². The van der Waals surface area contributed by atoms with Crippen molar-refractivity contribution >= 4 is 33.6 Å². The third kappa shape index (κ3) is 6.96. The van der Waals surface area contributed by atoms with Crippen molar-refractivity contribution in [2.75, 3.05) is 40.2 Å². The summed E-state index contributed by atoms with van der Waals surface area (Å²) < 4.78 is 43.7. The molecule has 1 saturated carbocycles. The fourth-order valence-electron chi connectivity index (χ4n) is 5.54. The molecule has 0 aromatic heterocycles. The maximum Gasteiger partial charge on any atom is 0.490 e. The maximum absolute atomic E-state index is 13.0. The van der Waals surface area contributed by atoms with Gasteiger partial charge in [0.1, 0.15) is 0 Å². The molecule has 2 N–H and O–H groups in total. The number of carbonyl (C=O) groups is 2. The van der Waals surface area contributed by atoms with E-state index in [1.807, 2.05) is 42.3 Å². The number of carboxylic acids is 1. The summed E-state index contributed by atoms with van der Waals surface area (Å²) in [7, 11) is 7.48. The molecule has 1 saturated heterocycles. The van der Waals surface area contributed by atoms with E-state index in [-0.39, 0.29) is 17.5 Å². The normalized spacial score (nSPS) is 22.7. The number of hydrogen-bond donors (Lipinski definition) is 2. The quantitative estimate of drug-likeness (QED) is 0.444. The Labute approximate surface area is 234 Å². The number of likely N-dealkylation sites (N-methyl/N-ethyl adjacent to an activating group) is 1. The summed E-state index contributed by atoms with van der Waals surface area (Å²) >= 11 is 3.46. The van der Waals surface area contributed by atoms with Crippen LogP contribution >= 0.6 is 15.9 Å². The SMILES string of the molecule is COc1ccc([C@@]23CC[C@@H](N(C)C(=O)Nc4cccc(Br)c4)C[C@@H]2N(C)CC3)cc1OC.O=C(O)C(F)(F)F. The van der Waals surface area contributed by atoms with Crippen molar-refractivity contribution in [1.82, 2.24) is 9.80 Å². The number of nitrogens with zero attached hydrogens (tertiary/aromatic N) is 2. The van der Waals surface area contributed by atoms with Crippen molar-refractivity contribution in [3.05, 3.63) is 52.5 Å². The number of nitrogens with one attached hydrogen (secondary N) is 1. The van der Waals surface area contributed by atoms with Gasteiger partial charge >= 0.3 is 18.2 Å². The molecule has 2 aliphatic rings. The summed E-state index contributed by atoms with van der Waals surface area (Å²) in [5, 5.41) is 10.2. The van der Waals surface area contributed by atoms with Gasteiger partial charge in [-0.2, -0.15) is 13.2 Å². The molecule has 214 valence electrons. The molecule has 2 aromatic carbocycles. The fourth-order valence-corrected chi connectivity index (χ4v) is 5.94. The first-order valence-electron chi connectivity index (χ1n) is 12.3. The van der Waals surface area contributed by atoms with Crippen molar-refractivity contribution in [3.63, 3.8) is 0 Å². The second-order valence-electron chi connectivity index (χ2n) is 9.75. The molecule has 1 aliphatic carbocycles. The summed E-state index contributed by atoms with van der Waals surface area (Å²) in [5.74, 6) is -1.22. The third-order valence-electron chi connectivity index (χ3n) is 7.64. The highest BCUT2D eigenvalue weighted by Gasteiger charge is 2.51. The van der Waals surface area contributed by atoms with Crippen LogP contribution in [0.3, 0.4) is 0 Å². The van der Waals surface area contributed by atoms with Gasteiger partial charge in [0.2, 0.25) is 0 Å². The summed E-state index contributed by atoms with van der Waals surface area (Å²) in [6, 6.07) is 14.6. The summed E-state index contributed by atoms with van der Waals surface area (Å²) in [6.45, 7) is 1.06. The topological polar surface area (TPSA) is 91.3 Å². The van der Waals surface area contributed by atoms with Crippen LogP contribution in [0.5, 0.6) is 11.5 Å². The Balaban J connectivity index is 0.000000532. The zero-order valence-electron chi connectivity index (χ0n) is 22.2. The third-order valence-corrected chi connectivity index (χ3v) is 8.14. The number of halogens is 4. The van der Waals surface area contributed by atoms with E-state index in [1.165, 1.54) is 5.56 Å². The van der Waals surface area contributed by atoms with Gasteiger partial charge in [0.25, 0.3) is 0 Å². The Bertz CT molecular complexity index is 1180. The molecule has 39 heavy (non-hydrogen) atoms. The van der Waals surface area contributed by atoms with E-state index in [9.17, 15) is 18.0 Å². The molecule has 8 nitrogen and oxygen atoms in total. The minimum absolute atomic E-state index is 0.0626.